The molecule has 0 fully saturated rings. The molecule has 1 aromatic heterocycles. The monoisotopic (exact) mass is 401 g/mol. The minimum absolute atomic E-state index is 0.191. The molecule has 8 heteroatoms. The van der Waals surface area contributed by atoms with Gasteiger partial charge in [-0.2, -0.15) is 13.2 Å². The van der Waals surface area contributed by atoms with Gasteiger partial charge >= 0.3 is 6.18 Å². The third-order valence-corrected chi connectivity index (χ3v) is 5.02. The van der Waals surface area contributed by atoms with E-state index in [4.69, 9.17) is 10.5 Å². The smallest absolute Gasteiger partial charge is 0.383 e. The first-order chi connectivity index (χ1) is 13.7. The molecule has 2 N–H and O–H groups in total. The van der Waals surface area contributed by atoms with Crippen molar-refractivity contribution in [3.8, 4) is 0 Å². The molecule has 2 heterocycles. The number of aromatic nitrogens is 1. The van der Waals surface area contributed by atoms with E-state index >= 15 is 0 Å². The van der Waals surface area contributed by atoms with E-state index in [1.54, 1.807) is 25.2 Å². The van der Waals surface area contributed by atoms with E-state index in [9.17, 15) is 18.0 Å². The predicted molar refractivity (Wildman–Crippen MR) is 102 cm³/mol. The number of nitrogen functional groups attached to an aromatic ring is 1. The molecule has 3 aromatic rings. The average Bonchev–Trinajstić information content (AvgIpc) is 3.18. The van der Waals surface area contributed by atoms with Crippen molar-refractivity contribution in [3.63, 3.8) is 0 Å². The van der Waals surface area contributed by atoms with Crippen molar-refractivity contribution in [1.29, 1.82) is 0 Å². The molecule has 150 valence electrons. The van der Waals surface area contributed by atoms with Crippen molar-refractivity contribution in [2.24, 2.45) is 0 Å². The van der Waals surface area contributed by atoms with Gasteiger partial charge in [0.25, 0.3) is 5.91 Å². The summed E-state index contributed by atoms with van der Waals surface area (Å²) in [5.41, 5.74) is 8.80. The molecule has 0 radical (unpaired) electrons. The number of rotatable bonds is 3. The Hall–Kier alpha value is -3.13. The van der Waals surface area contributed by atoms with Crippen molar-refractivity contribution in [1.82, 2.24) is 9.88 Å². The number of carbonyl (C=O) groups excluding carboxylic acids is 1. The van der Waals surface area contributed by atoms with Crippen LogP contribution in [0.25, 0.3) is 10.9 Å². The average molecular weight is 401 g/mol. The summed E-state index contributed by atoms with van der Waals surface area (Å²) in [6.07, 6.45) is -4.38. The Morgan fingerprint density at radius 1 is 1.14 bits per heavy atom. The summed E-state index contributed by atoms with van der Waals surface area (Å²) in [6.45, 7) is 1.00. The van der Waals surface area contributed by atoms with Gasteiger partial charge in [-0.05, 0) is 41.5 Å². The van der Waals surface area contributed by atoms with Crippen molar-refractivity contribution in [2.45, 2.75) is 25.9 Å². The van der Waals surface area contributed by atoms with Crippen LogP contribution in [0.1, 0.15) is 32.6 Å². The molecule has 4 rings (SSSR count). The number of alkyl halides is 3. The summed E-state index contributed by atoms with van der Waals surface area (Å²) in [5, 5.41) is 0.820. The predicted octanol–water partition coefficient (Wildman–Crippen LogP) is 4.14. The van der Waals surface area contributed by atoms with Gasteiger partial charge < -0.3 is 15.4 Å². The fraction of sp³-hybridized carbons (Fsp3) is 0.238. The van der Waals surface area contributed by atoms with Crippen LogP contribution in [0.3, 0.4) is 0 Å². The number of benzene rings is 2. The van der Waals surface area contributed by atoms with Crippen LogP contribution in [0, 0.1) is 0 Å². The highest BCUT2D eigenvalue weighted by molar-refractivity contribution is 5.99. The standard InChI is InChI=1S/C21H18F3N3O2/c1-27(9-12-2-5-14(6-3-12)21(22,23)24)20(28)13-4-7-18-15(8-13)16-10-29-11-17(16)19(25)26-18/h2-8H,9-11H2,1H3,(H2,25,26). The minimum atomic E-state index is -4.38. The molecule has 2 aromatic carbocycles. The third-order valence-electron chi connectivity index (χ3n) is 5.02. The van der Waals surface area contributed by atoms with Crippen LogP contribution in [0.4, 0.5) is 19.0 Å². The number of halogens is 3. The van der Waals surface area contributed by atoms with Crippen LogP contribution in [-0.4, -0.2) is 22.8 Å². The van der Waals surface area contributed by atoms with Gasteiger partial charge in [0.15, 0.2) is 0 Å². The normalized spacial score (nSPS) is 13.5. The molecule has 0 bridgehead atoms. The van der Waals surface area contributed by atoms with Crippen LogP contribution in [0.5, 0.6) is 0 Å². The molecule has 0 atom stereocenters. The van der Waals surface area contributed by atoms with Crippen molar-refractivity contribution >= 4 is 22.6 Å². The Morgan fingerprint density at radius 3 is 2.52 bits per heavy atom. The number of nitrogens with zero attached hydrogens (tertiary/aromatic N) is 2. The number of fused-ring (bicyclic) bond motifs is 3. The molecular formula is C21H18F3N3O2. The van der Waals surface area contributed by atoms with Gasteiger partial charge in [-0.1, -0.05) is 12.1 Å². The van der Waals surface area contributed by atoms with E-state index in [-0.39, 0.29) is 12.5 Å². The second-order valence-corrected chi connectivity index (χ2v) is 7.03. The molecule has 1 aliphatic heterocycles. The van der Waals surface area contributed by atoms with Crippen LogP contribution in [0.2, 0.25) is 0 Å². The number of pyridine rings is 1. The Bertz CT molecular complexity index is 1100. The topological polar surface area (TPSA) is 68.5 Å². The highest BCUT2D eigenvalue weighted by Crippen LogP contribution is 2.32. The fourth-order valence-electron chi connectivity index (χ4n) is 3.47. The number of ether oxygens (including phenoxy) is 1. The summed E-state index contributed by atoms with van der Waals surface area (Å²) in [7, 11) is 1.61. The lowest BCUT2D eigenvalue weighted by Crippen LogP contribution is -2.26. The van der Waals surface area contributed by atoms with Crippen molar-refractivity contribution < 1.29 is 22.7 Å². The maximum atomic E-state index is 12.9. The molecule has 1 aliphatic rings. The molecule has 0 saturated carbocycles. The number of carbonyl (C=O) groups is 1. The quantitative estimate of drug-likeness (QED) is 0.716. The van der Waals surface area contributed by atoms with Gasteiger partial charge in [0.05, 0.1) is 24.3 Å². The van der Waals surface area contributed by atoms with E-state index in [1.807, 2.05) is 0 Å². The van der Waals surface area contributed by atoms with Crippen LogP contribution in [0.15, 0.2) is 42.5 Å². The second kappa shape index (κ2) is 7.04. The van der Waals surface area contributed by atoms with Gasteiger partial charge in [0.2, 0.25) is 0 Å². The fourth-order valence-corrected chi connectivity index (χ4v) is 3.47. The lowest BCUT2D eigenvalue weighted by molar-refractivity contribution is -0.137. The van der Waals surface area contributed by atoms with Gasteiger partial charge in [-0.25, -0.2) is 4.98 Å². The summed E-state index contributed by atoms with van der Waals surface area (Å²) >= 11 is 0. The summed E-state index contributed by atoms with van der Waals surface area (Å²) in [5.74, 6) is 0.194. The van der Waals surface area contributed by atoms with Gasteiger partial charge in [0, 0.05) is 30.1 Å². The summed E-state index contributed by atoms with van der Waals surface area (Å²) < 4.78 is 43.5. The lowest BCUT2D eigenvalue weighted by atomic mass is 10.0. The number of nitrogens with two attached hydrogens (primary N) is 1. The van der Waals surface area contributed by atoms with E-state index in [0.29, 0.717) is 35.7 Å². The first-order valence-electron chi connectivity index (χ1n) is 8.94. The Labute approximate surface area is 164 Å². The molecule has 1 amide bonds. The molecule has 5 nitrogen and oxygen atoms in total. The molecular weight excluding hydrogens is 383 g/mol. The molecule has 0 unspecified atom stereocenters. The SMILES string of the molecule is CN(Cc1ccc(C(F)(F)F)cc1)C(=O)c1ccc2nc(N)c3c(c2c1)COC3. The first kappa shape index (κ1) is 19.2. The lowest BCUT2D eigenvalue weighted by Gasteiger charge is -2.18. The van der Waals surface area contributed by atoms with Crippen LogP contribution < -0.4 is 5.73 Å². The van der Waals surface area contributed by atoms with Crippen LogP contribution in [-0.2, 0) is 30.7 Å². The summed E-state index contributed by atoms with van der Waals surface area (Å²) in [6, 6.07) is 9.97. The zero-order valence-corrected chi connectivity index (χ0v) is 15.6. The maximum Gasteiger partial charge on any atom is 0.416 e. The van der Waals surface area contributed by atoms with E-state index in [1.165, 1.54) is 17.0 Å². The maximum absolute atomic E-state index is 12.9. The number of anilines is 1. The first-order valence-corrected chi connectivity index (χ1v) is 8.94. The number of amides is 1. The van der Waals surface area contributed by atoms with Gasteiger partial charge in [-0.3, -0.25) is 4.79 Å². The number of hydrogen-bond donors (Lipinski definition) is 1. The van der Waals surface area contributed by atoms with Crippen molar-refractivity contribution in [3.05, 3.63) is 70.3 Å². The zero-order chi connectivity index (χ0) is 20.8. The van der Waals surface area contributed by atoms with Crippen molar-refractivity contribution in [2.75, 3.05) is 12.8 Å². The zero-order valence-electron chi connectivity index (χ0n) is 15.6. The van der Waals surface area contributed by atoms with Gasteiger partial charge in [-0.15, -0.1) is 0 Å². The van der Waals surface area contributed by atoms with Crippen LogP contribution >= 0.6 is 0 Å². The van der Waals surface area contributed by atoms with Gasteiger partial charge in [0.1, 0.15) is 5.82 Å². The van der Waals surface area contributed by atoms with E-state index < -0.39 is 11.7 Å². The highest BCUT2D eigenvalue weighted by Gasteiger charge is 2.30. The molecule has 0 spiro atoms. The van der Waals surface area contributed by atoms with E-state index in [0.717, 1.165) is 28.6 Å². The third kappa shape index (κ3) is 3.63. The Kier molecular flexibility index (Phi) is 4.66. The second-order valence-electron chi connectivity index (χ2n) is 7.03. The minimum Gasteiger partial charge on any atom is -0.383 e. The summed E-state index contributed by atoms with van der Waals surface area (Å²) in [4.78, 5) is 18.7. The molecule has 0 saturated heterocycles. The highest BCUT2D eigenvalue weighted by atomic mass is 19.4. The molecule has 29 heavy (non-hydrogen) atoms. The Balaban J connectivity index is 1.57. The Morgan fingerprint density at radius 2 is 1.83 bits per heavy atom. The largest absolute Gasteiger partial charge is 0.416 e. The van der Waals surface area contributed by atoms with E-state index in [2.05, 4.69) is 4.98 Å². The number of hydrogen-bond acceptors (Lipinski definition) is 4. The molecule has 0 aliphatic carbocycles.